The Morgan fingerprint density at radius 1 is 1.26 bits per heavy atom. The molecule has 3 aromatic rings. The number of halogens is 2. The van der Waals surface area contributed by atoms with Gasteiger partial charge in [-0.3, -0.25) is 4.79 Å². The summed E-state index contributed by atoms with van der Waals surface area (Å²) in [5.41, 5.74) is 0.137. The molecule has 142 valence electrons. The van der Waals surface area contributed by atoms with Gasteiger partial charge in [-0.2, -0.15) is 0 Å². The molecule has 1 N–H and O–H groups in total. The van der Waals surface area contributed by atoms with Gasteiger partial charge in [0.05, 0.1) is 18.1 Å². The van der Waals surface area contributed by atoms with Crippen LogP contribution in [0.2, 0.25) is 0 Å². The van der Waals surface area contributed by atoms with Crippen LogP contribution in [0.25, 0.3) is 11.3 Å². The number of hydrogen-bond acceptors (Lipinski definition) is 4. The molecule has 0 aliphatic heterocycles. The Hall–Kier alpha value is -3.03. The Bertz CT molecular complexity index is 878. The van der Waals surface area contributed by atoms with E-state index in [9.17, 15) is 13.6 Å². The van der Waals surface area contributed by atoms with Gasteiger partial charge in [0.2, 0.25) is 5.91 Å². The minimum Gasteiger partial charge on any atom is -0.441 e. The highest BCUT2D eigenvalue weighted by Crippen LogP contribution is 2.24. The van der Waals surface area contributed by atoms with E-state index >= 15 is 0 Å². The number of imidazole rings is 1. The predicted molar refractivity (Wildman–Crippen MR) is 94.6 cm³/mol. The van der Waals surface area contributed by atoms with Crippen molar-refractivity contribution >= 4 is 5.91 Å². The normalized spacial score (nSPS) is 10.9. The minimum absolute atomic E-state index is 0.0923. The van der Waals surface area contributed by atoms with Gasteiger partial charge >= 0.3 is 0 Å². The van der Waals surface area contributed by atoms with E-state index in [4.69, 9.17) is 4.42 Å². The highest BCUT2D eigenvalue weighted by atomic mass is 19.1. The van der Waals surface area contributed by atoms with Gasteiger partial charge in [-0.25, -0.2) is 18.7 Å². The maximum atomic E-state index is 13.8. The molecule has 0 spiro atoms. The molecule has 8 heteroatoms. The molecule has 0 radical (unpaired) electrons. The number of aryl methyl sites for hydroxylation is 2. The molecule has 27 heavy (non-hydrogen) atoms. The topological polar surface area (TPSA) is 73.0 Å². The number of aromatic nitrogens is 3. The van der Waals surface area contributed by atoms with Crippen molar-refractivity contribution in [2.75, 3.05) is 6.54 Å². The Labute approximate surface area is 155 Å². The Morgan fingerprint density at radius 2 is 2.15 bits per heavy atom. The maximum absolute atomic E-state index is 13.8. The second kappa shape index (κ2) is 9.07. The first-order chi connectivity index (χ1) is 13.1. The molecule has 0 unspecified atom stereocenters. The quantitative estimate of drug-likeness (QED) is 0.583. The fourth-order valence-electron chi connectivity index (χ4n) is 2.61. The molecule has 1 aromatic carbocycles. The summed E-state index contributed by atoms with van der Waals surface area (Å²) >= 11 is 0. The summed E-state index contributed by atoms with van der Waals surface area (Å²) in [5.74, 6) is -0.916. The number of rotatable bonds is 9. The highest BCUT2D eigenvalue weighted by Gasteiger charge is 2.12. The molecule has 3 rings (SSSR count). The fraction of sp³-hybridized carbons (Fsp3) is 0.316. The number of carbonyl (C=O) groups is 1. The number of benzene rings is 1. The lowest BCUT2D eigenvalue weighted by atomic mass is 10.2. The summed E-state index contributed by atoms with van der Waals surface area (Å²) in [6.07, 6.45) is 9.14. The number of nitrogens with zero attached hydrogens (tertiary/aromatic N) is 3. The van der Waals surface area contributed by atoms with E-state index in [0.29, 0.717) is 18.9 Å². The number of oxazole rings is 1. The molecule has 0 aliphatic carbocycles. The van der Waals surface area contributed by atoms with Crippen LogP contribution in [0.5, 0.6) is 0 Å². The van der Waals surface area contributed by atoms with Gasteiger partial charge in [-0.05, 0) is 25.0 Å². The smallest absolute Gasteiger partial charge is 0.220 e. The van der Waals surface area contributed by atoms with Crippen molar-refractivity contribution in [2.45, 2.75) is 32.2 Å². The van der Waals surface area contributed by atoms with E-state index in [1.54, 1.807) is 12.5 Å². The maximum Gasteiger partial charge on any atom is 0.220 e. The molecule has 0 saturated heterocycles. The lowest BCUT2D eigenvalue weighted by Crippen LogP contribution is -2.24. The third kappa shape index (κ3) is 5.47. The van der Waals surface area contributed by atoms with E-state index in [-0.39, 0.29) is 23.7 Å². The lowest BCUT2D eigenvalue weighted by molar-refractivity contribution is -0.121. The summed E-state index contributed by atoms with van der Waals surface area (Å²) in [6, 6.07) is 3.24. The van der Waals surface area contributed by atoms with E-state index in [2.05, 4.69) is 15.3 Å². The van der Waals surface area contributed by atoms with Crippen LogP contribution in [0.1, 0.15) is 25.2 Å². The summed E-state index contributed by atoms with van der Waals surface area (Å²) in [5, 5.41) is 2.85. The summed E-state index contributed by atoms with van der Waals surface area (Å²) in [6.45, 7) is 1.47. The first-order valence-corrected chi connectivity index (χ1v) is 8.74. The summed E-state index contributed by atoms with van der Waals surface area (Å²) < 4.78 is 34.2. The monoisotopic (exact) mass is 374 g/mol. The zero-order valence-electron chi connectivity index (χ0n) is 14.7. The first-order valence-electron chi connectivity index (χ1n) is 8.74. The van der Waals surface area contributed by atoms with Gasteiger partial charge in [0, 0.05) is 44.4 Å². The SMILES string of the molecule is O=C(CCc1ncc(-c2ccc(F)cc2F)o1)NCCCCn1ccnc1. The van der Waals surface area contributed by atoms with Crippen molar-refractivity contribution in [3.8, 4) is 11.3 Å². The molecule has 0 atom stereocenters. The molecule has 0 bridgehead atoms. The average molecular weight is 374 g/mol. The van der Waals surface area contributed by atoms with E-state index in [0.717, 1.165) is 31.5 Å². The fourth-order valence-corrected chi connectivity index (χ4v) is 2.61. The molecule has 6 nitrogen and oxygen atoms in total. The third-order valence-corrected chi connectivity index (χ3v) is 4.04. The van der Waals surface area contributed by atoms with Crippen LogP contribution in [0.4, 0.5) is 8.78 Å². The summed E-state index contributed by atoms with van der Waals surface area (Å²) in [7, 11) is 0. The molecule has 0 saturated carbocycles. The molecular weight excluding hydrogens is 354 g/mol. The molecule has 2 aromatic heterocycles. The first kappa shape index (κ1) is 18.8. The highest BCUT2D eigenvalue weighted by molar-refractivity contribution is 5.76. The standard InChI is InChI=1S/C19H20F2N4O2/c20-14-3-4-15(16(21)11-14)17-12-24-19(27-17)6-5-18(26)23-7-1-2-9-25-10-8-22-13-25/h3-4,8,10-13H,1-2,5-7,9H2,(H,23,26). The van der Waals surface area contributed by atoms with Crippen LogP contribution in [-0.4, -0.2) is 27.0 Å². The third-order valence-electron chi connectivity index (χ3n) is 4.04. The van der Waals surface area contributed by atoms with Gasteiger partial charge in [-0.1, -0.05) is 0 Å². The zero-order chi connectivity index (χ0) is 19.1. The van der Waals surface area contributed by atoms with E-state index < -0.39 is 11.6 Å². The van der Waals surface area contributed by atoms with Crippen LogP contribution in [0.15, 0.2) is 47.5 Å². The molecular formula is C19H20F2N4O2. The van der Waals surface area contributed by atoms with Crippen molar-refractivity contribution in [3.63, 3.8) is 0 Å². The predicted octanol–water partition coefficient (Wildman–Crippen LogP) is 3.35. The van der Waals surface area contributed by atoms with Crippen LogP contribution in [-0.2, 0) is 17.8 Å². The van der Waals surface area contributed by atoms with Crippen LogP contribution >= 0.6 is 0 Å². The van der Waals surface area contributed by atoms with Gasteiger partial charge < -0.3 is 14.3 Å². The Morgan fingerprint density at radius 3 is 2.93 bits per heavy atom. The number of hydrogen-bond donors (Lipinski definition) is 1. The Balaban J connectivity index is 1.38. The van der Waals surface area contributed by atoms with Gasteiger partial charge in [0.25, 0.3) is 0 Å². The average Bonchev–Trinajstić information content (AvgIpc) is 3.31. The van der Waals surface area contributed by atoms with Gasteiger partial charge in [-0.15, -0.1) is 0 Å². The number of unbranched alkanes of at least 4 members (excludes halogenated alkanes) is 1. The van der Waals surface area contributed by atoms with Crippen LogP contribution in [0, 0.1) is 11.6 Å². The van der Waals surface area contributed by atoms with Crippen molar-refractivity contribution in [1.29, 1.82) is 0 Å². The van der Waals surface area contributed by atoms with Crippen LogP contribution in [0.3, 0.4) is 0 Å². The van der Waals surface area contributed by atoms with Gasteiger partial charge in [0.1, 0.15) is 11.6 Å². The van der Waals surface area contributed by atoms with E-state index in [1.165, 1.54) is 12.3 Å². The van der Waals surface area contributed by atoms with Crippen molar-refractivity contribution in [1.82, 2.24) is 19.9 Å². The second-order valence-corrected chi connectivity index (χ2v) is 6.10. The molecule has 0 aliphatic rings. The molecule has 1 amide bonds. The largest absolute Gasteiger partial charge is 0.441 e. The second-order valence-electron chi connectivity index (χ2n) is 6.10. The zero-order valence-corrected chi connectivity index (χ0v) is 14.7. The van der Waals surface area contributed by atoms with E-state index in [1.807, 2.05) is 10.8 Å². The van der Waals surface area contributed by atoms with Crippen LogP contribution < -0.4 is 5.32 Å². The van der Waals surface area contributed by atoms with Crippen molar-refractivity contribution in [3.05, 3.63) is 60.6 Å². The Kier molecular flexibility index (Phi) is 6.30. The minimum atomic E-state index is -0.717. The van der Waals surface area contributed by atoms with Crippen molar-refractivity contribution < 1.29 is 18.0 Å². The number of carbonyl (C=O) groups excluding carboxylic acids is 1. The number of amides is 1. The molecule has 0 fully saturated rings. The summed E-state index contributed by atoms with van der Waals surface area (Å²) in [4.78, 5) is 19.9. The lowest BCUT2D eigenvalue weighted by Gasteiger charge is -2.05. The van der Waals surface area contributed by atoms with Gasteiger partial charge in [0.15, 0.2) is 11.7 Å². The number of nitrogens with one attached hydrogen (secondary N) is 1. The molecule has 2 heterocycles. The van der Waals surface area contributed by atoms with Crippen molar-refractivity contribution in [2.24, 2.45) is 0 Å².